The van der Waals surface area contributed by atoms with E-state index in [1.54, 1.807) is 0 Å². The fourth-order valence-corrected chi connectivity index (χ4v) is 1.80. The van der Waals surface area contributed by atoms with Crippen molar-refractivity contribution in [2.75, 3.05) is 7.11 Å². The molecule has 1 aromatic heterocycles. The first kappa shape index (κ1) is 14.9. The van der Waals surface area contributed by atoms with Crippen molar-refractivity contribution in [2.45, 2.75) is 12.8 Å². The van der Waals surface area contributed by atoms with Crippen molar-refractivity contribution in [3.63, 3.8) is 0 Å². The van der Waals surface area contributed by atoms with Crippen molar-refractivity contribution in [1.29, 1.82) is 0 Å². The molecule has 0 saturated heterocycles. The van der Waals surface area contributed by atoms with Gasteiger partial charge in [-0.05, 0) is 18.2 Å². The number of esters is 1. The number of carbonyl (C=O) groups excluding carboxylic acids is 1. The molecule has 0 aliphatic heterocycles. The van der Waals surface area contributed by atoms with Crippen LogP contribution in [-0.2, 0) is 16.0 Å². The van der Waals surface area contributed by atoms with Crippen LogP contribution in [0.2, 0.25) is 0 Å². The third-order valence-corrected chi connectivity index (χ3v) is 2.65. The lowest BCUT2D eigenvalue weighted by atomic mass is 10.1. The maximum Gasteiger partial charge on any atom is 0.573 e. The Balaban J connectivity index is 2.41. The summed E-state index contributed by atoms with van der Waals surface area (Å²) >= 11 is 0. The lowest BCUT2D eigenvalue weighted by Gasteiger charge is -2.09. The zero-order chi connectivity index (χ0) is 15.6. The molecule has 1 aromatic carbocycles. The lowest BCUT2D eigenvalue weighted by molar-refractivity contribution is -0.274. The molecule has 0 amide bonds. The third-order valence-electron chi connectivity index (χ3n) is 2.65. The van der Waals surface area contributed by atoms with Crippen molar-refractivity contribution in [3.8, 4) is 5.75 Å². The van der Waals surface area contributed by atoms with Crippen molar-refractivity contribution in [2.24, 2.45) is 0 Å². The molecule has 0 bridgehead atoms. The van der Waals surface area contributed by atoms with Gasteiger partial charge in [0.1, 0.15) is 5.75 Å². The van der Waals surface area contributed by atoms with Crippen LogP contribution in [0.3, 0.4) is 0 Å². The maximum atomic E-state index is 12.1. The molecule has 8 heteroatoms. The van der Waals surface area contributed by atoms with Crippen LogP contribution in [0.1, 0.15) is 5.69 Å². The molecule has 1 N–H and O–H groups in total. The number of rotatable bonds is 3. The summed E-state index contributed by atoms with van der Waals surface area (Å²) in [6, 6.07) is 4.48. The van der Waals surface area contributed by atoms with Gasteiger partial charge in [-0.1, -0.05) is 0 Å². The average molecular weight is 301 g/mol. The van der Waals surface area contributed by atoms with Gasteiger partial charge in [-0.15, -0.1) is 13.2 Å². The standard InChI is InChI=1S/C13H10F3NO4/c1-20-12(19)5-7-4-11(18)9-6-8(21-13(14,15)16)2-3-10(9)17-7/h2-4,6H,5H2,1H3,(H,17,18). The zero-order valence-corrected chi connectivity index (χ0v) is 10.8. The lowest BCUT2D eigenvalue weighted by Crippen LogP contribution is -2.17. The number of methoxy groups -OCH3 is 1. The number of aromatic nitrogens is 1. The van der Waals surface area contributed by atoms with Crippen LogP contribution in [0, 0.1) is 0 Å². The average Bonchev–Trinajstić information content (AvgIpc) is 2.37. The monoisotopic (exact) mass is 301 g/mol. The van der Waals surface area contributed by atoms with E-state index in [4.69, 9.17) is 0 Å². The molecule has 2 rings (SSSR count). The van der Waals surface area contributed by atoms with E-state index >= 15 is 0 Å². The van der Waals surface area contributed by atoms with Gasteiger partial charge in [0.25, 0.3) is 0 Å². The molecule has 1 heterocycles. The Labute approximate surface area is 116 Å². The van der Waals surface area contributed by atoms with E-state index in [0.717, 1.165) is 18.2 Å². The Morgan fingerprint density at radius 3 is 2.62 bits per heavy atom. The topological polar surface area (TPSA) is 68.4 Å². The molecule has 21 heavy (non-hydrogen) atoms. The molecular weight excluding hydrogens is 291 g/mol. The maximum absolute atomic E-state index is 12.1. The molecule has 0 saturated carbocycles. The Hall–Kier alpha value is -2.51. The van der Waals surface area contributed by atoms with Crippen LogP contribution in [0.25, 0.3) is 10.9 Å². The molecule has 0 unspecified atom stereocenters. The van der Waals surface area contributed by atoms with E-state index in [-0.39, 0.29) is 11.8 Å². The second-order valence-electron chi connectivity index (χ2n) is 4.17. The van der Waals surface area contributed by atoms with Gasteiger partial charge < -0.3 is 14.5 Å². The summed E-state index contributed by atoms with van der Waals surface area (Å²) in [6.45, 7) is 0. The highest BCUT2D eigenvalue weighted by atomic mass is 19.4. The fourth-order valence-electron chi connectivity index (χ4n) is 1.80. The SMILES string of the molecule is COC(=O)Cc1cc(=O)c2cc(OC(F)(F)F)ccc2[nH]1. The molecule has 0 spiro atoms. The molecule has 0 fully saturated rings. The minimum atomic E-state index is -4.83. The molecule has 112 valence electrons. The number of benzene rings is 1. The Morgan fingerprint density at radius 1 is 1.29 bits per heavy atom. The first-order valence-corrected chi connectivity index (χ1v) is 5.77. The molecule has 2 aromatic rings. The number of nitrogens with one attached hydrogen (secondary N) is 1. The summed E-state index contributed by atoms with van der Waals surface area (Å²) < 4.78 is 44.6. The predicted molar refractivity (Wildman–Crippen MR) is 67.0 cm³/mol. The normalized spacial score (nSPS) is 11.4. The van der Waals surface area contributed by atoms with Gasteiger partial charge in [-0.3, -0.25) is 9.59 Å². The number of aromatic amines is 1. The highest BCUT2D eigenvalue weighted by molar-refractivity contribution is 5.81. The molecular formula is C13H10F3NO4. The Morgan fingerprint density at radius 2 is 2.00 bits per heavy atom. The van der Waals surface area contributed by atoms with E-state index in [9.17, 15) is 22.8 Å². The van der Waals surface area contributed by atoms with Crippen LogP contribution in [0.15, 0.2) is 29.1 Å². The predicted octanol–water partition coefficient (Wildman–Crippen LogP) is 2.14. The van der Waals surface area contributed by atoms with Crippen LogP contribution in [0.5, 0.6) is 5.75 Å². The second-order valence-corrected chi connectivity index (χ2v) is 4.17. The van der Waals surface area contributed by atoms with E-state index in [2.05, 4.69) is 14.5 Å². The number of carbonyl (C=O) groups is 1. The first-order valence-electron chi connectivity index (χ1n) is 5.77. The van der Waals surface area contributed by atoms with Crippen LogP contribution in [-0.4, -0.2) is 24.4 Å². The van der Waals surface area contributed by atoms with Crippen LogP contribution in [0.4, 0.5) is 13.2 Å². The van der Waals surface area contributed by atoms with Gasteiger partial charge in [-0.2, -0.15) is 0 Å². The summed E-state index contributed by atoms with van der Waals surface area (Å²) in [4.78, 5) is 25.8. The number of fused-ring (bicyclic) bond motifs is 1. The van der Waals surface area contributed by atoms with E-state index in [1.165, 1.54) is 13.2 Å². The van der Waals surface area contributed by atoms with Gasteiger partial charge in [0, 0.05) is 22.7 Å². The van der Waals surface area contributed by atoms with Gasteiger partial charge in [0.15, 0.2) is 5.43 Å². The zero-order valence-electron chi connectivity index (χ0n) is 10.8. The summed E-state index contributed by atoms with van der Waals surface area (Å²) in [7, 11) is 1.21. The highest BCUT2D eigenvalue weighted by Gasteiger charge is 2.31. The number of H-pyrrole nitrogens is 1. The van der Waals surface area contributed by atoms with E-state index < -0.39 is 23.5 Å². The van der Waals surface area contributed by atoms with Crippen molar-refractivity contribution in [3.05, 3.63) is 40.2 Å². The minimum absolute atomic E-state index is 0.0327. The van der Waals surface area contributed by atoms with Gasteiger partial charge in [0.05, 0.1) is 13.5 Å². The smallest absolute Gasteiger partial charge is 0.469 e. The van der Waals surface area contributed by atoms with E-state index in [0.29, 0.717) is 11.2 Å². The Bertz CT molecular complexity index is 736. The Kier molecular flexibility index (Phi) is 3.88. The summed E-state index contributed by atoms with van der Waals surface area (Å²) in [5.74, 6) is -1.02. The number of alkyl halides is 3. The molecule has 0 atom stereocenters. The van der Waals surface area contributed by atoms with Gasteiger partial charge >= 0.3 is 12.3 Å². The van der Waals surface area contributed by atoms with Gasteiger partial charge in [-0.25, -0.2) is 0 Å². The number of halogens is 3. The molecule has 0 aliphatic carbocycles. The molecule has 0 aliphatic rings. The second kappa shape index (κ2) is 5.47. The van der Waals surface area contributed by atoms with Crippen molar-refractivity contribution >= 4 is 16.9 Å². The van der Waals surface area contributed by atoms with Crippen LogP contribution >= 0.6 is 0 Å². The third kappa shape index (κ3) is 3.74. The number of ether oxygens (including phenoxy) is 2. The van der Waals surface area contributed by atoms with E-state index in [1.807, 2.05) is 0 Å². The van der Waals surface area contributed by atoms with Crippen molar-refractivity contribution < 1.29 is 27.4 Å². The molecule has 0 radical (unpaired) electrons. The first-order chi connectivity index (χ1) is 9.78. The summed E-state index contributed by atoms with van der Waals surface area (Å²) in [6.07, 6.45) is -4.96. The number of hydrogen-bond donors (Lipinski definition) is 1. The van der Waals surface area contributed by atoms with Crippen LogP contribution < -0.4 is 10.2 Å². The largest absolute Gasteiger partial charge is 0.573 e. The highest BCUT2D eigenvalue weighted by Crippen LogP contribution is 2.24. The minimum Gasteiger partial charge on any atom is -0.469 e. The number of hydrogen-bond acceptors (Lipinski definition) is 4. The quantitative estimate of drug-likeness (QED) is 0.882. The van der Waals surface area contributed by atoms with Crippen molar-refractivity contribution in [1.82, 2.24) is 4.98 Å². The summed E-state index contributed by atoms with van der Waals surface area (Å²) in [5.41, 5.74) is 0.0926. The van der Waals surface area contributed by atoms with Gasteiger partial charge in [0.2, 0.25) is 0 Å². The fraction of sp³-hybridized carbons (Fsp3) is 0.231. The summed E-state index contributed by atoms with van der Waals surface area (Å²) in [5, 5.41) is 0.0327. The number of pyridine rings is 1. The molecule has 5 nitrogen and oxygen atoms in total.